The molecule has 176 valence electrons. The first-order valence-electron chi connectivity index (χ1n) is 10.1. The number of nitrogens with one attached hydrogen (secondary N) is 1. The van der Waals surface area contributed by atoms with Crippen LogP contribution < -0.4 is 14.8 Å². The molecule has 0 fully saturated rings. The molecule has 3 aromatic rings. The van der Waals surface area contributed by atoms with Crippen LogP contribution in [0, 0.1) is 21.4 Å². The molecule has 3 aromatic carbocycles. The number of nitriles is 1. The number of carbonyl (C=O) groups excluding carboxylic acids is 2. The highest BCUT2D eigenvalue weighted by molar-refractivity contribution is 6.31. The van der Waals surface area contributed by atoms with Gasteiger partial charge in [-0.15, -0.1) is 0 Å². The van der Waals surface area contributed by atoms with Crippen molar-refractivity contribution in [3.05, 3.63) is 104 Å². The molecule has 0 heterocycles. The van der Waals surface area contributed by atoms with Gasteiger partial charge in [0.2, 0.25) is 0 Å². The summed E-state index contributed by atoms with van der Waals surface area (Å²) in [5, 5.41) is 23.5. The number of rotatable bonds is 8. The van der Waals surface area contributed by atoms with Crippen molar-refractivity contribution in [3.63, 3.8) is 0 Å². The third-order valence-corrected chi connectivity index (χ3v) is 4.97. The zero-order chi connectivity index (χ0) is 25.4. The van der Waals surface area contributed by atoms with Gasteiger partial charge in [0.15, 0.2) is 11.5 Å². The fourth-order valence-corrected chi connectivity index (χ4v) is 3.20. The molecule has 1 amide bonds. The van der Waals surface area contributed by atoms with Crippen LogP contribution in [0.3, 0.4) is 0 Å². The van der Waals surface area contributed by atoms with E-state index in [2.05, 4.69) is 5.32 Å². The van der Waals surface area contributed by atoms with Crippen molar-refractivity contribution in [1.29, 1.82) is 5.26 Å². The first-order valence-corrected chi connectivity index (χ1v) is 10.5. The minimum Gasteiger partial charge on any atom is -0.493 e. The van der Waals surface area contributed by atoms with Crippen molar-refractivity contribution < 1.29 is 24.0 Å². The lowest BCUT2D eigenvalue weighted by Gasteiger charge is -2.10. The molecule has 0 aliphatic rings. The number of hydrogen-bond donors (Lipinski definition) is 1. The highest BCUT2D eigenvalue weighted by atomic mass is 35.5. The number of nitrogens with zero attached hydrogens (tertiary/aromatic N) is 2. The summed E-state index contributed by atoms with van der Waals surface area (Å²) in [6.07, 6.45) is 1.36. The molecule has 10 heteroatoms. The molecule has 0 unspecified atom stereocenters. The van der Waals surface area contributed by atoms with Crippen LogP contribution >= 0.6 is 11.6 Å². The second-order valence-electron chi connectivity index (χ2n) is 7.06. The molecule has 0 atom stereocenters. The molecule has 9 nitrogen and oxygen atoms in total. The Morgan fingerprint density at radius 2 is 1.86 bits per heavy atom. The quantitative estimate of drug-likeness (QED) is 0.121. The lowest BCUT2D eigenvalue weighted by atomic mass is 10.1. The predicted molar refractivity (Wildman–Crippen MR) is 128 cm³/mol. The van der Waals surface area contributed by atoms with E-state index < -0.39 is 22.5 Å². The Bertz CT molecular complexity index is 1350. The summed E-state index contributed by atoms with van der Waals surface area (Å²) in [6.45, 7) is 0.258. The van der Waals surface area contributed by atoms with Gasteiger partial charge in [0, 0.05) is 17.6 Å². The van der Waals surface area contributed by atoms with Gasteiger partial charge in [0.1, 0.15) is 17.2 Å². The minimum absolute atomic E-state index is 0.00839. The molecule has 0 spiro atoms. The number of ether oxygens (including phenoxy) is 2. The van der Waals surface area contributed by atoms with Crippen LogP contribution in [0.5, 0.6) is 11.5 Å². The van der Waals surface area contributed by atoms with Gasteiger partial charge < -0.3 is 14.8 Å². The van der Waals surface area contributed by atoms with Crippen molar-refractivity contribution in [2.24, 2.45) is 0 Å². The van der Waals surface area contributed by atoms with Gasteiger partial charge in [-0.2, -0.15) is 5.26 Å². The number of methoxy groups -OCH3 is 1. The monoisotopic (exact) mass is 491 g/mol. The van der Waals surface area contributed by atoms with Crippen LogP contribution in [0.1, 0.15) is 21.5 Å². The van der Waals surface area contributed by atoms with E-state index in [9.17, 15) is 25.0 Å². The van der Waals surface area contributed by atoms with E-state index in [4.69, 9.17) is 21.1 Å². The minimum atomic E-state index is -0.979. The summed E-state index contributed by atoms with van der Waals surface area (Å²) < 4.78 is 10.6. The number of amides is 1. The van der Waals surface area contributed by atoms with E-state index in [-0.39, 0.29) is 34.2 Å². The summed E-state index contributed by atoms with van der Waals surface area (Å²) in [6, 6.07) is 19.0. The Labute approximate surface area is 205 Å². The molecule has 0 aliphatic heterocycles. The maximum Gasteiger partial charge on any atom is 0.350 e. The lowest BCUT2D eigenvalue weighted by molar-refractivity contribution is -0.385. The first-order chi connectivity index (χ1) is 16.8. The van der Waals surface area contributed by atoms with Gasteiger partial charge in [-0.05, 0) is 41.5 Å². The van der Waals surface area contributed by atoms with Crippen LogP contribution in [0.15, 0.2) is 72.3 Å². The summed E-state index contributed by atoms with van der Waals surface area (Å²) in [5.74, 6) is -1.43. The third kappa shape index (κ3) is 6.43. The highest BCUT2D eigenvalue weighted by Crippen LogP contribution is 2.31. The molecular formula is C25H18ClN3O6. The SMILES string of the molecule is COc1cc(/C=C(\C#N)C(=O)NCc2ccccc2)ccc1OC(=O)c1ccc(Cl)cc1[N+](=O)[O-]. The standard InChI is InChI=1S/C25H18ClN3O6/c1-34-23-12-17(11-18(14-27)24(30)28-15-16-5-3-2-4-6-16)7-10-22(23)35-25(31)20-9-8-19(26)13-21(20)29(32)33/h2-13H,15H2,1H3,(H,28,30)/b18-11+. The van der Waals surface area contributed by atoms with E-state index in [1.54, 1.807) is 0 Å². The van der Waals surface area contributed by atoms with E-state index in [1.807, 2.05) is 36.4 Å². The molecule has 0 saturated heterocycles. The zero-order valence-corrected chi connectivity index (χ0v) is 19.1. The van der Waals surface area contributed by atoms with E-state index in [1.165, 1.54) is 43.5 Å². The lowest BCUT2D eigenvalue weighted by Crippen LogP contribution is -2.23. The van der Waals surface area contributed by atoms with E-state index in [0.717, 1.165) is 11.6 Å². The van der Waals surface area contributed by atoms with Crippen molar-refractivity contribution >= 4 is 35.2 Å². The number of esters is 1. The van der Waals surface area contributed by atoms with Crippen LogP contribution in [0.4, 0.5) is 5.69 Å². The normalized spacial score (nSPS) is 10.7. The number of nitro benzene ring substituents is 1. The number of benzene rings is 3. The Balaban J connectivity index is 1.79. The Kier molecular flexibility index (Phi) is 8.16. The average Bonchev–Trinajstić information content (AvgIpc) is 2.86. The van der Waals surface area contributed by atoms with Crippen LogP contribution in [-0.4, -0.2) is 23.9 Å². The molecule has 0 bridgehead atoms. The summed E-state index contributed by atoms with van der Waals surface area (Å²) in [7, 11) is 1.34. The van der Waals surface area contributed by atoms with Gasteiger partial charge in [-0.25, -0.2) is 4.79 Å². The Hall–Kier alpha value is -4.68. The fraction of sp³-hybridized carbons (Fsp3) is 0.0800. The largest absolute Gasteiger partial charge is 0.493 e. The van der Waals surface area contributed by atoms with Gasteiger partial charge in [0.05, 0.1) is 12.0 Å². The summed E-state index contributed by atoms with van der Waals surface area (Å²) >= 11 is 5.78. The average molecular weight is 492 g/mol. The predicted octanol–water partition coefficient (Wildman–Crippen LogP) is 4.70. The second kappa shape index (κ2) is 11.4. The van der Waals surface area contributed by atoms with Gasteiger partial charge in [-0.1, -0.05) is 48.0 Å². The smallest absolute Gasteiger partial charge is 0.350 e. The second-order valence-corrected chi connectivity index (χ2v) is 7.49. The summed E-state index contributed by atoms with van der Waals surface area (Å²) in [4.78, 5) is 35.5. The molecule has 1 N–H and O–H groups in total. The zero-order valence-electron chi connectivity index (χ0n) is 18.4. The maximum absolute atomic E-state index is 12.6. The van der Waals surface area contributed by atoms with E-state index >= 15 is 0 Å². The van der Waals surface area contributed by atoms with Gasteiger partial charge in [0.25, 0.3) is 11.6 Å². The van der Waals surface area contributed by atoms with Crippen LogP contribution in [0.25, 0.3) is 6.08 Å². The first kappa shape index (κ1) is 25.0. The molecular weight excluding hydrogens is 474 g/mol. The summed E-state index contributed by atoms with van der Waals surface area (Å²) in [5.41, 5.74) is 0.399. The molecule has 0 radical (unpaired) electrons. The molecule has 3 rings (SSSR count). The molecule has 35 heavy (non-hydrogen) atoms. The molecule has 0 aromatic heterocycles. The Morgan fingerprint density at radius 3 is 2.51 bits per heavy atom. The van der Waals surface area contributed by atoms with Gasteiger partial charge >= 0.3 is 5.97 Å². The van der Waals surface area contributed by atoms with Crippen molar-refractivity contribution in [1.82, 2.24) is 5.32 Å². The number of nitro groups is 1. The van der Waals surface area contributed by atoms with Crippen molar-refractivity contribution in [3.8, 4) is 17.6 Å². The van der Waals surface area contributed by atoms with Crippen molar-refractivity contribution in [2.75, 3.05) is 7.11 Å². The number of halogens is 1. The number of carbonyl (C=O) groups is 2. The molecule has 0 aliphatic carbocycles. The Morgan fingerprint density at radius 1 is 1.11 bits per heavy atom. The van der Waals surface area contributed by atoms with Crippen LogP contribution in [0.2, 0.25) is 5.02 Å². The highest BCUT2D eigenvalue weighted by Gasteiger charge is 2.23. The molecule has 0 saturated carbocycles. The van der Waals surface area contributed by atoms with Crippen LogP contribution in [-0.2, 0) is 11.3 Å². The topological polar surface area (TPSA) is 132 Å². The maximum atomic E-state index is 12.6. The fourth-order valence-electron chi connectivity index (χ4n) is 3.03. The van der Waals surface area contributed by atoms with Gasteiger partial charge in [-0.3, -0.25) is 14.9 Å². The number of hydrogen-bond acceptors (Lipinski definition) is 7. The van der Waals surface area contributed by atoms with E-state index in [0.29, 0.717) is 5.56 Å². The third-order valence-electron chi connectivity index (χ3n) is 4.74. The van der Waals surface area contributed by atoms with Crippen molar-refractivity contribution in [2.45, 2.75) is 6.54 Å².